The fourth-order valence-electron chi connectivity index (χ4n) is 2.90. The van der Waals surface area contributed by atoms with Crippen molar-refractivity contribution in [2.75, 3.05) is 11.1 Å². The summed E-state index contributed by atoms with van der Waals surface area (Å²) in [5.74, 6) is 0.647. The van der Waals surface area contributed by atoms with Crippen molar-refractivity contribution >= 4 is 23.4 Å². The Labute approximate surface area is 136 Å². The molecule has 3 rings (SSSR count). The van der Waals surface area contributed by atoms with E-state index in [1.807, 2.05) is 36.4 Å². The molecule has 2 aromatic rings. The molecule has 0 radical (unpaired) electrons. The van der Waals surface area contributed by atoms with Crippen LogP contribution in [0.15, 0.2) is 54.6 Å². The number of nitrogens with one attached hydrogen (secondary N) is 1. The van der Waals surface area contributed by atoms with Gasteiger partial charge in [0.15, 0.2) is 0 Å². The van der Waals surface area contributed by atoms with Gasteiger partial charge in [0.05, 0.1) is 5.75 Å². The van der Waals surface area contributed by atoms with Crippen molar-refractivity contribution in [1.82, 2.24) is 0 Å². The lowest BCUT2D eigenvalue weighted by atomic mass is 10.0. The van der Waals surface area contributed by atoms with Crippen molar-refractivity contribution in [3.05, 3.63) is 54.6 Å². The number of carbonyl (C=O) groups is 1. The maximum atomic E-state index is 12.2. The number of rotatable bonds is 5. The van der Waals surface area contributed by atoms with E-state index in [1.165, 1.54) is 25.7 Å². The van der Waals surface area contributed by atoms with Crippen LogP contribution in [-0.2, 0) is 4.79 Å². The van der Waals surface area contributed by atoms with Gasteiger partial charge < -0.3 is 5.32 Å². The van der Waals surface area contributed by atoms with E-state index < -0.39 is 0 Å². The third kappa shape index (κ3) is 3.92. The van der Waals surface area contributed by atoms with Gasteiger partial charge >= 0.3 is 0 Å². The zero-order chi connectivity index (χ0) is 15.2. The number of amides is 1. The van der Waals surface area contributed by atoms with Crippen LogP contribution in [0.4, 0.5) is 5.69 Å². The van der Waals surface area contributed by atoms with Gasteiger partial charge in [-0.1, -0.05) is 61.4 Å². The lowest BCUT2D eigenvalue weighted by Gasteiger charge is -2.12. The molecule has 0 saturated heterocycles. The average Bonchev–Trinajstić information content (AvgIpc) is 3.08. The molecule has 1 aliphatic carbocycles. The van der Waals surface area contributed by atoms with Crippen LogP contribution in [0, 0.1) is 0 Å². The van der Waals surface area contributed by atoms with Crippen LogP contribution in [0.5, 0.6) is 0 Å². The lowest BCUT2D eigenvalue weighted by Crippen LogP contribution is -2.16. The molecule has 0 heterocycles. The van der Waals surface area contributed by atoms with E-state index in [2.05, 4.69) is 23.5 Å². The minimum Gasteiger partial charge on any atom is -0.325 e. The first-order valence-corrected chi connectivity index (χ1v) is 8.94. The quantitative estimate of drug-likeness (QED) is 0.845. The van der Waals surface area contributed by atoms with Gasteiger partial charge in [0.2, 0.25) is 5.91 Å². The Morgan fingerprint density at radius 1 is 1.00 bits per heavy atom. The van der Waals surface area contributed by atoms with E-state index in [9.17, 15) is 4.79 Å². The molecule has 114 valence electrons. The summed E-state index contributed by atoms with van der Waals surface area (Å²) in [6.07, 6.45) is 5.16. The smallest absolute Gasteiger partial charge is 0.234 e. The van der Waals surface area contributed by atoms with Crippen LogP contribution >= 0.6 is 11.8 Å². The Bertz CT molecular complexity index is 620. The Hall–Kier alpha value is -1.74. The molecule has 0 bridgehead atoms. The predicted octanol–water partition coefficient (Wildman–Crippen LogP) is 4.97. The second kappa shape index (κ2) is 7.50. The average molecular weight is 311 g/mol. The lowest BCUT2D eigenvalue weighted by molar-refractivity contribution is -0.113. The summed E-state index contributed by atoms with van der Waals surface area (Å²) in [6.45, 7) is 0. The van der Waals surface area contributed by atoms with E-state index in [1.54, 1.807) is 11.8 Å². The minimum atomic E-state index is 0.0975. The molecule has 0 aliphatic heterocycles. The van der Waals surface area contributed by atoms with Crippen molar-refractivity contribution in [3.8, 4) is 11.1 Å². The van der Waals surface area contributed by atoms with E-state index >= 15 is 0 Å². The first kappa shape index (κ1) is 15.2. The molecule has 1 amide bonds. The van der Waals surface area contributed by atoms with Gasteiger partial charge in [-0.05, 0) is 24.5 Å². The van der Waals surface area contributed by atoms with Crippen molar-refractivity contribution in [2.45, 2.75) is 30.9 Å². The molecule has 0 spiro atoms. The third-order valence-corrected chi connectivity index (χ3v) is 5.41. The molecule has 0 unspecified atom stereocenters. The fourth-order valence-corrected chi connectivity index (χ4v) is 4.02. The van der Waals surface area contributed by atoms with Crippen LogP contribution in [0.25, 0.3) is 11.1 Å². The second-order valence-corrected chi connectivity index (χ2v) is 6.97. The van der Waals surface area contributed by atoms with Crippen LogP contribution in [0.3, 0.4) is 0 Å². The number of anilines is 1. The Kier molecular flexibility index (Phi) is 5.17. The normalized spacial score (nSPS) is 14.9. The molecular formula is C19H21NOS. The number of para-hydroxylation sites is 1. The molecular weight excluding hydrogens is 290 g/mol. The highest BCUT2D eigenvalue weighted by molar-refractivity contribution is 8.00. The number of hydrogen-bond donors (Lipinski definition) is 1. The number of carbonyl (C=O) groups excluding carboxylic acids is 1. The highest BCUT2D eigenvalue weighted by Crippen LogP contribution is 2.30. The zero-order valence-electron chi connectivity index (χ0n) is 12.6. The summed E-state index contributed by atoms with van der Waals surface area (Å²) in [5, 5.41) is 3.75. The highest BCUT2D eigenvalue weighted by atomic mass is 32.2. The Balaban J connectivity index is 1.66. The van der Waals surface area contributed by atoms with Crippen LogP contribution in [0.1, 0.15) is 25.7 Å². The summed E-state index contributed by atoms with van der Waals surface area (Å²) >= 11 is 1.80. The molecule has 2 aromatic carbocycles. The van der Waals surface area contributed by atoms with Crippen molar-refractivity contribution in [3.63, 3.8) is 0 Å². The summed E-state index contributed by atoms with van der Waals surface area (Å²) in [7, 11) is 0. The van der Waals surface area contributed by atoms with E-state index in [-0.39, 0.29) is 5.91 Å². The van der Waals surface area contributed by atoms with Gasteiger partial charge in [-0.15, -0.1) is 11.8 Å². The third-order valence-electron chi connectivity index (χ3n) is 4.04. The minimum absolute atomic E-state index is 0.0975. The Morgan fingerprint density at radius 2 is 1.68 bits per heavy atom. The topological polar surface area (TPSA) is 29.1 Å². The van der Waals surface area contributed by atoms with E-state index in [0.717, 1.165) is 16.8 Å². The van der Waals surface area contributed by atoms with Gasteiger partial charge in [-0.3, -0.25) is 4.79 Å². The number of benzene rings is 2. The number of thioether (sulfide) groups is 1. The second-order valence-electron chi connectivity index (χ2n) is 5.68. The maximum Gasteiger partial charge on any atom is 0.234 e. The van der Waals surface area contributed by atoms with Gasteiger partial charge in [-0.2, -0.15) is 0 Å². The van der Waals surface area contributed by atoms with Crippen molar-refractivity contribution in [1.29, 1.82) is 0 Å². The van der Waals surface area contributed by atoms with Crippen molar-refractivity contribution < 1.29 is 4.79 Å². The molecule has 0 atom stereocenters. The van der Waals surface area contributed by atoms with Crippen molar-refractivity contribution in [2.24, 2.45) is 0 Å². The van der Waals surface area contributed by atoms with Crippen LogP contribution < -0.4 is 5.32 Å². The zero-order valence-corrected chi connectivity index (χ0v) is 13.4. The molecule has 1 fully saturated rings. The number of hydrogen-bond acceptors (Lipinski definition) is 2. The summed E-state index contributed by atoms with van der Waals surface area (Å²) < 4.78 is 0. The standard InChI is InChI=1S/C19H21NOS/c21-19(14-22-16-10-4-5-11-16)20-18-13-7-6-12-17(18)15-8-2-1-3-9-15/h1-3,6-9,12-13,16H,4-5,10-11,14H2,(H,20,21). The summed E-state index contributed by atoms with van der Waals surface area (Å²) in [5.41, 5.74) is 3.09. The monoisotopic (exact) mass is 311 g/mol. The SMILES string of the molecule is O=C(CSC1CCCC1)Nc1ccccc1-c1ccccc1. The molecule has 1 aliphatic rings. The highest BCUT2D eigenvalue weighted by Gasteiger charge is 2.17. The first-order chi connectivity index (χ1) is 10.8. The largest absolute Gasteiger partial charge is 0.325 e. The van der Waals surface area contributed by atoms with Gasteiger partial charge in [0.1, 0.15) is 0 Å². The van der Waals surface area contributed by atoms with Gasteiger partial charge in [0, 0.05) is 16.5 Å². The molecule has 1 saturated carbocycles. The predicted molar refractivity (Wildman–Crippen MR) is 95.2 cm³/mol. The van der Waals surface area contributed by atoms with Crippen LogP contribution in [0.2, 0.25) is 0 Å². The molecule has 2 nitrogen and oxygen atoms in total. The first-order valence-electron chi connectivity index (χ1n) is 7.89. The molecule has 3 heteroatoms. The van der Waals surface area contributed by atoms with Gasteiger partial charge in [-0.25, -0.2) is 0 Å². The Morgan fingerprint density at radius 3 is 2.45 bits per heavy atom. The van der Waals surface area contributed by atoms with E-state index in [4.69, 9.17) is 0 Å². The molecule has 22 heavy (non-hydrogen) atoms. The van der Waals surface area contributed by atoms with Crippen LogP contribution in [-0.4, -0.2) is 16.9 Å². The summed E-state index contributed by atoms with van der Waals surface area (Å²) in [4.78, 5) is 12.2. The van der Waals surface area contributed by atoms with E-state index in [0.29, 0.717) is 11.0 Å². The summed E-state index contributed by atoms with van der Waals surface area (Å²) in [6, 6.07) is 18.2. The maximum absolute atomic E-state index is 12.2. The fraction of sp³-hybridized carbons (Fsp3) is 0.316. The molecule has 1 N–H and O–H groups in total. The molecule has 0 aromatic heterocycles. The van der Waals surface area contributed by atoms with Gasteiger partial charge in [0.25, 0.3) is 0 Å².